The average molecular weight is 288 g/mol. The largest absolute Gasteiger partial charge is 0.495 e. The number of hydrogen-bond donors (Lipinski definition) is 2. The van der Waals surface area contributed by atoms with E-state index >= 15 is 0 Å². The number of anilines is 1. The molecule has 1 aromatic heterocycles. The van der Waals surface area contributed by atoms with Crippen molar-refractivity contribution in [1.29, 1.82) is 5.26 Å². The standard InChI is InChI=1S/C14H12N2O3S/c1-19-13-4-9(6-15)2-3-12(13)16-7-11-5-10(8-20-11)14(17)18/h2-5,8,16H,7H2,1H3,(H,17,18). The first-order chi connectivity index (χ1) is 9.63. The van der Waals surface area contributed by atoms with Gasteiger partial charge in [0.1, 0.15) is 5.75 Å². The predicted octanol–water partition coefficient (Wildman–Crippen LogP) is 2.94. The van der Waals surface area contributed by atoms with Crippen molar-refractivity contribution in [1.82, 2.24) is 0 Å². The Bertz CT molecular complexity index is 673. The number of hydrogen-bond acceptors (Lipinski definition) is 5. The third-order valence-corrected chi connectivity index (χ3v) is 3.62. The van der Waals surface area contributed by atoms with Gasteiger partial charge in [-0.3, -0.25) is 0 Å². The number of nitrogens with zero attached hydrogens (tertiary/aromatic N) is 1. The van der Waals surface area contributed by atoms with Crippen LogP contribution in [0.2, 0.25) is 0 Å². The van der Waals surface area contributed by atoms with Crippen LogP contribution in [-0.4, -0.2) is 18.2 Å². The Labute approximate surface area is 120 Å². The van der Waals surface area contributed by atoms with E-state index in [9.17, 15) is 4.79 Å². The molecule has 2 aromatic rings. The summed E-state index contributed by atoms with van der Waals surface area (Å²) in [6.45, 7) is 0.500. The maximum absolute atomic E-state index is 10.8. The van der Waals surface area contributed by atoms with Crippen LogP contribution < -0.4 is 10.1 Å². The molecule has 5 nitrogen and oxygen atoms in total. The zero-order valence-electron chi connectivity index (χ0n) is 10.7. The number of aromatic carboxylic acids is 1. The van der Waals surface area contributed by atoms with Crippen LogP contribution in [0.5, 0.6) is 5.75 Å². The van der Waals surface area contributed by atoms with E-state index in [0.29, 0.717) is 23.4 Å². The van der Waals surface area contributed by atoms with Gasteiger partial charge in [-0.1, -0.05) is 0 Å². The zero-order valence-corrected chi connectivity index (χ0v) is 11.5. The molecule has 0 saturated carbocycles. The Kier molecular flexibility index (Phi) is 4.23. The van der Waals surface area contributed by atoms with Gasteiger partial charge in [0.2, 0.25) is 0 Å². The fourth-order valence-corrected chi connectivity index (χ4v) is 2.47. The lowest BCUT2D eigenvalue weighted by Crippen LogP contribution is -2.00. The molecule has 102 valence electrons. The molecule has 0 aliphatic rings. The quantitative estimate of drug-likeness (QED) is 0.884. The highest BCUT2D eigenvalue weighted by Gasteiger charge is 2.08. The van der Waals surface area contributed by atoms with Gasteiger partial charge in [-0.15, -0.1) is 11.3 Å². The van der Waals surface area contributed by atoms with Crippen molar-refractivity contribution in [2.75, 3.05) is 12.4 Å². The molecule has 0 amide bonds. The fourth-order valence-electron chi connectivity index (χ4n) is 1.67. The second-order valence-corrected chi connectivity index (χ2v) is 4.98. The number of carboxylic acid groups (broad SMARTS) is 1. The average Bonchev–Trinajstić information content (AvgIpc) is 2.94. The molecule has 0 atom stereocenters. The molecule has 1 heterocycles. The molecule has 0 aliphatic heterocycles. The SMILES string of the molecule is COc1cc(C#N)ccc1NCc1cc(C(=O)O)cs1. The fraction of sp³-hybridized carbons (Fsp3) is 0.143. The van der Waals surface area contributed by atoms with Crippen LogP contribution in [0.4, 0.5) is 5.69 Å². The van der Waals surface area contributed by atoms with Crippen LogP contribution in [0.3, 0.4) is 0 Å². The first kappa shape index (κ1) is 13.9. The van der Waals surface area contributed by atoms with Crippen molar-refractivity contribution in [3.63, 3.8) is 0 Å². The van der Waals surface area contributed by atoms with Crippen LogP contribution in [0.1, 0.15) is 20.8 Å². The van der Waals surface area contributed by atoms with Gasteiger partial charge in [-0.25, -0.2) is 4.79 Å². The van der Waals surface area contributed by atoms with E-state index in [2.05, 4.69) is 5.32 Å². The summed E-state index contributed by atoms with van der Waals surface area (Å²) in [4.78, 5) is 11.7. The van der Waals surface area contributed by atoms with Crippen LogP contribution in [-0.2, 0) is 6.54 Å². The van der Waals surface area contributed by atoms with Gasteiger partial charge >= 0.3 is 5.97 Å². The molecule has 6 heteroatoms. The van der Waals surface area contributed by atoms with Crippen molar-refractivity contribution in [2.24, 2.45) is 0 Å². The van der Waals surface area contributed by atoms with E-state index in [0.717, 1.165) is 10.6 Å². The number of nitriles is 1. The predicted molar refractivity (Wildman–Crippen MR) is 76.3 cm³/mol. The Morgan fingerprint density at radius 1 is 1.50 bits per heavy atom. The maximum Gasteiger partial charge on any atom is 0.336 e. The van der Waals surface area contributed by atoms with Gasteiger partial charge in [-0.2, -0.15) is 5.26 Å². The molecular formula is C14H12N2O3S. The lowest BCUT2D eigenvalue weighted by Gasteiger charge is -2.10. The number of carboxylic acids is 1. The molecule has 2 N–H and O–H groups in total. The first-order valence-corrected chi connectivity index (χ1v) is 6.64. The summed E-state index contributed by atoms with van der Waals surface area (Å²) in [6.07, 6.45) is 0. The van der Waals surface area contributed by atoms with E-state index in [1.807, 2.05) is 6.07 Å². The monoisotopic (exact) mass is 288 g/mol. The Balaban J connectivity index is 2.10. The van der Waals surface area contributed by atoms with E-state index in [1.165, 1.54) is 18.4 Å². The number of thiophene rings is 1. The van der Waals surface area contributed by atoms with Crippen molar-refractivity contribution in [3.05, 3.63) is 45.6 Å². The second-order valence-electron chi connectivity index (χ2n) is 3.99. The van der Waals surface area contributed by atoms with E-state index in [-0.39, 0.29) is 0 Å². The van der Waals surface area contributed by atoms with Gasteiger partial charge in [0.15, 0.2) is 0 Å². The first-order valence-electron chi connectivity index (χ1n) is 5.76. The van der Waals surface area contributed by atoms with E-state index in [4.69, 9.17) is 15.1 Å². The molecule has 1 aromatic carbocycles. The number of methoxy groups -OCH3 is 1. The Hall–Kier alpha value is -2.52. The smallest absolute Gasteiger partial charge is 0.336 e. The Morgan fingerprint density at radius 2 is 2.30 bits per heavy atom. The normalized spacial score (nSPS) is 9.80. The zero-order chi connectivity index (χ0) is 14.5. The minimum Gasteiger partial charge on any atom is -0.495 e. The van der Waals surface area contributed by atoms with Gasteiger partial charge in [0, 0.05) is 22.9 Å². The number of nitrogens with one attached hydrogen (secondary N) is 1. The van der Waals surface area contributed by atoms with Crippen molar-refractivity contribution >= 4 is 23.0 Å². The topological polar surface area (TPSA) is 82.3 Å². The van der Waals surface area contributed by atoms with E-state index < -0.39 is 5.97 Å². The van der Waals surface area contributed by atoms with Gasteiger partial charge in [0.05, 0.1) is 30.0 Å². The Morgan fingerprint density at radius 3 is 2.90 bits per heavy atom. The van der Waals surface area contributed by atoms with Gasteiger partial charge in [-0.05, 0) is 18.2 Å². The second kappa shape index (κ2) is 6.08. The lowest BCUT2D eigenvalue weighted by atomic mass is 10.2. The lowest BCUT2D eigenvalue weighted by molar-refractivity contribution is 0.0697. The van der Waals surface area contributed by atoms with Gasteiger partial charge in [0.25, 0.3) is 0 Å². The number of ether oxygens (including phenoxy) is 1. The summed E-state index contributed by atoms with van der Waals surface area (Å²) in [5.74, 6) is -0.345. The number of carbonyl (C=O) groups is 1. The van der Waals surface area contributed by atoms with Crippen LogP contribution in [0.25, 0.3) is 0 Å². The molecule has 0 saturated heterocycles. The molecule has 0 bridgehead atoms. The summed E-state index contributed by atoms with van der Waals surface area (Å²) in [5, 5.41) is 22.5. The maximum atomic E-state index is 10.8. The van der Waals surface area contributed by atoms with Crippen LogP contribution >= 0.6 is 11.3 Å². The van der Waals surface area contributed by atoms with Gasteiger partial charge < -0.3 is 15.2 Å². The molecule has 0 aliphatic carbocycles. The molecule has 0 fully saturated rings. The van der Waals surface area contributed by atoms with Crippen molar-refractivity contribution in [2.45, 2.75) is 6.54 Å². The summed E-state index contributed by atoms with van der Waals surface area (Å²) in [6, 6.07) is 8.80. The summed E-state index contributed by atoms with van der Waals surface area (Å²) >= 11 is 1.38. The molecule has 20 heavy (non-hydrogen) atoms. The summed E-state index contributed by atoms with van der Waals surface area (Å²) in [5.41, 5.74) is 1.58. The number of benzene rings is 1. The van der Waals surface area contributed by atoms with Crippen LogP contribution in [0.15, 0.2) is 29.6 Å². The summed E-state index contributed by atoms with van der Waals surface area (Å²) < 4.78 is 5.22. The van der Waals surface area contributed by atoms with E-state index in [1.54, 1.807) is 29.6 Å². The molecule has 0 radical (unpaired) electrons. The molecule has 2 rings (SSSR count). The van der Waals surface area contributed by atoms with Crippen molar-refractivity contribution < 1.29 is 14.6 Å². The minimum absolute atomic E-state index is 0.290. The third kappa shape index (κ3) is 3.08. The third-order valence-electron chi connectivity index (χ3n) is 2.68. The van der Waals surface area contributed by atoms with Crippen molar-refractivity contribution in [3.8, 4) is 11.8 Å². The summed E-state index contributed by atoms with van der Waals surface area (Å²) in [7, 11) is 1.54. The molecule has 0 spiro atoms. The highest BCUT2D eigenvalue weighted by atomic mass is 32.1. The minimum atomic E-state index is -0.927. The molecular weight excluding hydrogens is 276 g/mol. The highest BCUT2D eigenvalue weighted by Crippen LogP contribution is 2.26. The highest BCUT2D eigenvalue weighted by molar-refractivity contribution is 7.10. The molecule has 0 unspecified atom stereocenters. The number of rotatable bonds is 5. The van der Waals surface area contributed by atoms with Crippen LogP contribution in [0, 0.1) is 11.3 Å².